The number of likely N-dealkylation sites (tertiary alicyclic amines) is 1. The van der Waals surface area contributed by atoms with E-state index < -0.39 is 11.8 Å². The molecule has 0 aliphatic carbocycles. The molecule has 1 aromatic carbocycles. The van der Waals surface area contributed by atoms with Gasteiger partial charge in [-0.1, -0.05) is 35.5 Å². The van der Waals surface area contributed by atoms with E-state index in [9.17, 15) is 9.59 Å². The highest BCUT2D eigenvalue weighted by atomic mass is 16.5. The number of carbonyl (C=O) groups excluding carboxylic acids is 2. The number of carbonyl (C=O) groups is 2. The quantitative estimate of drug-likeness (QED) is 0.786. The Morgan fingerprint density at radius 2 is 1.96 bits per heavy atom. The lowest BCUT2D eigenvalue weighted by Crippen LogP contribution is -2.44. The second-order valence-corrected chi connectivity index (χ2v) is 6.97. The molecule has 0 saturated carbocycles. The fourth-order valence-corrected chi connectivity index (χ4v) is 3.43. The van der Waals surface area contributed by atoms with Gasteiger partial charge in [0.1, 0.15) is 11.5 Å². The first-order valence-electron chi connectivity index (χ1n) is 9.29. The number of hydrogen-bond acceptors (Lipinski definition) is 5. The second-order valence-electron chi connectivity index (χ2n) is 6.97. The molecule has 27 heavy (non-hydrogen) atoms. The summed E-state index contributed by atoms with van der Waals surface area (Å²) in [4.78, 5) is 28.4. The molecule has 0 spiro atoms. The van der Waals surface area contributed by atoms with E-state index in [0.717, 1.165) is 31.5 Å². The van der Waals surface area contributed by atoms with Crippen LogP contribution in [0.1, 0.15) is 35.9 Å². The fraction of sp³-hybridized carbons (Fsp3) is 0.450. The molecule has 0 radical (unpaired) electrons. The molecule has 1 fully saturated rings. The van der Waals surface area contributed by atoms with Crippen LogP contribution in [0.25, 0.3) is 0 Å². The molecule has 1 saturated heterocycles. The first-order valence-corrected chi connectivity index (χ1v) is 9.29. The lowest BCUT2D eigenvalue weighted by molar-refractivity contribution is -0.145. The fourth-order valence-electron chi connectivity index (χ4n) is 3.43. The van der Waals surface area contributed by atoms with Crippen molar-refractivity contribution in [3.05, 3.63) is 53.4 Å². The summed E-state index contributed by atoms with van der Waals surface area (Å²) in [6.07, 6.45) is 2.33. The van der Waals surface area contributed by atoms with E-state index in [-0.39, 0.29) is 12.6 Å². The van der Waals surface area contributed by atoms with Gasteiger partial charge in [-0.05, 0) is 38.4 Å². The van der Waals surface area contributed by atoms with Gasteiger partial charge in [-0.3, -0.25) is 14.5 Å². The topological polar surface area (TPSA) is 78.7 Å². The summed E-state index contributed by atoms with van der Waals surface area (Å²) in [5, 5.41) is 6.67. The monoisotopic (exact) mass is 370 g/mol. The van der Waals surface area contributed by atoms with Crippen LogP contribution in [-0.2, 0) is 16.1 Å². The van der Waals surface area contributed by atoms with Crippen LogP contribution in [0.3, 0.4) is 0 Å². The van der Waals surface area contributed by atoms with E-state index in [1.54, 1.807) is 20.0 Å². The lowest BCUT2D eigenvalue weighted by atomic mass is 10.1. The summed E-state index contributed by atoms with van der Waals surface area (Å²) >= 11 is 0. The Kier molecular flexibility index (Phi) is 6.24. The molecule has 0 bridgehead atoms. The average molecular weight is 370 g/mol. The highest BCUT2D eigenvalue weighted by molar-refractivity contribution is 6.34. The number of nitrogens with zero attached hydrogens (tertiary/aromatic N) is 3. The summed E-state index contributed by atoms with van der Waals surface area (Å²) in [5.74, 6) is -0.506. The minimum atomic E-state index is -0.599. The SMILES string of the molecule is Cc1cc(CN(C)C(=O)C(=O)NCC(c2ccccc2)N2CCCC2)no1. The molecular formula is C20H26N4O3. The summed E-state index contributed by atoms with van der Waals surface area (Å²) in [6, 6.07) is 11.9. The predicted octanol–water partition coefficient (Wildman–Crippen LogP) is 1.89. The van der Waals surface area contributed by atoms with Gasteiger partial charge in [0.2, 0.25) is 0 Å². The molecule has 1 aliphatic rings. The van der Waals surface area contributed by atoms with Crippen LogP contribution in [0.2, 0.25) is 0 Å². The van der Waals surface area contributed by atoms with Gasteiger partial charge in [-0.2, -0.15) is 0 Å². The number of rotatable bonds is 6. The third kappa shape index (κ3) is 4.95. The summed E-state index contributed by atoms with van der Waals surface area (Å²) in [7, 11) is 1.58. The number of hydrogen-bond donors (Lipinski definition) is 1. The van der Waals surface area contributed by atoms with Crippen LogP contribution in [0, 0.1) is 6.92 Å². The Bertz CT molecular complexity index is 769. The smallest absolute Gasteiger partial charge is 0.311 e. The summed E-state index contributed by atoms with van der Waals surface area (Å²) in [6.45, 7) is 4.44. The Labute approximate surface area is 159 Å². The number of aromatic nitrogens is 1. The molecular weight excluding hydrogens is 344 g/mol. The maximum atomic E-state index is 12.4. The standard InChI is InChI=1S/C20H26N4O3/c1-15-12-17(22-27-15)14-23(2)20(26)19(25)21-13-18(24-10-6-7-11-24)16-8-4-3-5-9-16/h3-5,8-9,12,18H,6-7,10-11,13-14H2,1-2H3,(H,21,25). The first kappa shape index (κ1) is 19.1. The zero-order chi connectivity index (χ0) is 19.2. The number of likely N-dealkylation sites (N-methyl/N-ethyl adjacent to an activating group) is 1. The van der Waals surface area contributed by atoms with E-state index in [2.05, 4.69) is 27.5 Å². The molecule has 2 amide bonds. The average Bonchev–Trinajstić information content (AvgIpc) is 3.34. The molecule has 2 heterocycles. The zero-order valence-electron chi connectivity index (χ0n) is 15.9. The van der Waals surface area contributed by atoms with Crippen LogP contribution in [0.15, 0.2) is 40.9 Å². The largest absolute Gasteiger partial charge is 0.361 e. The van der Waals surface area contributed by atoms with Crippen molar-refractivity contribution in [1.82, 2.24) is 20.3 Å². The third-order valence-corrected chi connectivity index (χ3v) is 4.84. The van der Waals surface area contributed by atoms with Gasteiger partial charge in [-0.15, -0.1) is 0 Å². The first-order chi connectivity index (χ1) is 13.0. The van der Waals surface area contributed by atoms with Crippen LogP contribution in [-0.4, -0.2) is 53.5 Å². The highest BCUT2D eigenvalue weighted by Gasteiger charge is 2.26. The number of amides is 2. The molecule has 144 valence electrons. The normalized spacial score (nSPS) is 15.5. The predicted molar refractivity (Wildman–Crippen MR) is 101 cm³/mol. The lowest BCUT2D eigenvalue weighted by Gasteiger charge is -2.28. The summed E-state index contributed by atoms with van der Waals surface area (Å²) in [5.41, 5.74) is 1.77. The van der Waals surface area contributed by atoms with Crippen LogP contribution >= 0.6 is 0 Å². The van der Waals surface area contributed by atoms with Crippen molar-refractivity contribution >= 4 is 11.8 Å². The highest BCUT2D eigenvalue weighted by Crippen LogP contribution is 2.24. The van der Waals surface area contributed by atoms with Gasteiger partial charge in [0, 0.05) is 19.7 Å². The van der Waals surface area contributed by atoms with E-state index in [1.165, 1.54) is 4.90 Å². The molecule has 7 nitrogen and oxygen atoms in total. The minimum absolute atomic E-state index is 0.0777. The second kappa shape index (κ2) is 8.81. The minimum Gasteiger partial charge on any atom is -0.361 e. The molecule has 3 rings (SSSR count). The van der Waals surface area contributed by atoms with Crippen molar-refractivity contribution in [3.8, 4) is 0 Å². The Morgan fingerprint density at radius 3 is 2.59 bits per heavy atom. The van der Waals surface area contributed by atoms with Crippen molar-refractivity contribution in [2.75, 3.05) is 26.7 Å². The third-order valence-electron chi connectivity index (χ3n) is 4.84. The maximum Gasteiger partial charge on any atom is 0.311 e. The van der Waals surface area contributed by atoms with Gasteiger partial charge >= 0.3 is 11.8 Å². The van der Waals surface area contributed by atoms with Gasteiger partial charge in [0.15, 0.2) is 0 Å². The van der Waals surface area contributed by atoms with Gasteiger partial charge in [0.05, 0.1) is 12.6 Å². The van der Waals surface area contributed by atoms with Crippen LogP contribution in [0.4, 0.5) is 0 Å². The van der Waals surface area contributed by atoms with Crippen molar-refractivity contribution in [3.63, 3.8) is 0 Å². The zero-order valence-corrected chi connectivity index (χ0v) is 15.9. The molecule has 2 aromatic rings. The molecule has 1 N–H and O–H groups in total. The van der Waals surface area contributed by atoms with E-state index in [1.807, 2.05) is 18.2 Å². The molecule has 7 heteroatoms. The Balaban J connectivity index is 1.58. The van der Waals surface area contributed by atoms with Crippen molar-refractivity contribution < 1.29 is 14.1 Å². The van der Waals surface area contributed by atoms with E-state index >= 15 is 0 Å². The molecule has 1 aromatic heterocycles. The van der Waals surface area contributed by atoms with E-state index in [4.69, 9.17) is 4.52 Å². The Hall–Kier alpha value is -2.67. The number of aryl methyl sites for hydroxylation is 1. The number of benzene rings is 1. The van der Waals surface area contributed by atoms with Crippen molar-refractivity contribution in [1.29, 1.82) is 0 Å². The molecule has 1 atom stereocenters. The van der Waals surface area contributed by atoms with Gasteiger partial charge < -0.3 is 14.7 Å². The van der Waals surface area contributed by atoms with Gasteiger partial charge in [-0.25, -0.2) is 0 Å². The molecule has 1 unspecified atom stereocenters. The number of nitrogens with one attached hydrogen (secondary N) is 1. The molecule has 1 aliphatic heterocycles. The maximum absolute atomic E-state index is 12.4. The summed E-state index contributed by atoms with van der Waals surface area (Å²) < 4.78 is 5.00. The van der Waals surface area contributed by atoms with Gasteiger partial charge in [0.25, 0.3) is 0 Å². The van der Waals surface area contributed by atoms with Crippen LogP contribution in [0.5, 0.6) is 0 Å². The Morgan fingerprint density at radius 1 is 1.26 bits per heavy atom. The van der Waals surface area contributed by atoms with Crippen LogP contribution < -0.4 is 5.32 Å². The van der Waals surface area contributed by atoms with Crippen molar-refractivity contribution in [2.45, 2.75) is 32.4 Å². The van der Waals surface area contributed by atoms with Crippen molar-refractivity contribution in [2.24, 2.45) is 0 Å². The van der Waals surface area contributed by atoms with E-state index in [0.29, 0.717) is 18.0 Å².